The van der Waals surface area contributed by atoms with Gasteiger partial charge < -0.3 is 4.74 Å². The third-order valence-corrected chi connectivity index (χ3v) is 4.01. The number of halogens is 2. The fourth-order valence-electron chi connectivity index (χ4n) is 2.51. The summed E-state index contributed by atoms with van der Waals surface area (Å²) < 4.78 is 5.67. The Morgan fingerprint density at radius 3 is 2.24 bits per heavy atom. The van der Waals surface area contributed by atoms with Crippen LogP contribution < -0.4 is 0 Å². The molecule has 0 bridgehead atoms. The van der Waals surface area contributed by atoms with E-state index in [0.717, 1.165) is 11.3 Å². The van der Waals surface area contributed by atoms with E-state index in [4.69, 9.17) is 4.74 Å². The highest BCUT2D eigenvalue weighted by Crippen LogP contribution is 2.33. The number of hydrogen-bond acceptors (Lipinski definition) is 1. The van der Waals surface area contributed by atoms with E-state index < -0.39 is 0 Å². The minimum atomic E-state index is 0.771. The van der Waals surface area contributed by atoms with E-state index in [9.17, 15) is 0 Å². The Morgan fingerprint density at radius 2 is 1.52 bits per heavy atom. The van der Waals surface area contributed by atoms with Crippen LogP contribution in [0.3, 0.4) is 0 Å². The lowest BCUT2D eigenvalue weighted by atomic mass is 9.96. The van der Waals surface area contributed by atoms with Crippen molar-refractivity contribution in [3.8, 4) is 0 Å². The lowest BCUT2D eigenvalue weighted by molar-refractivity contribution is 0.440. The summed E-state index contributed by atoms with van der Waals surface area (Å²) in [7, 11) is 0. The van der Waals surface area contributed by atoms with Crippen molar-refractivity contribution >= 4 is 59.2 Å². The highest BCUT2D eigenvalue weighted by atomic mass is 79.9. The summed E-state index contributed by atoms with van der Waals surface area (Å²) in [4.78, 5) is 3.49. The van der Waals surface area contributed by atoms with Gasteiger partial charge in [-0.2, -0.15) is 0 Å². The first-order chi connectivity index (χ1) is 10.3. The van der Waals surface area contributed by atoms with Crippen LogP contribution >= 0.6 is 31.9 Å². The summed E-state index contributed by atoms with van der Waals surface area (Å²) in [5.41, 5.74) is 1.06. The number of hydrogen-bond donors (Lipinski definition) is 0. The molecule has 0 saturated carbocycles. The van der Waals surface area contributed by atoms with Crippen LogP contribution in [-0.4, -0.2) is 0 Å². The highest BCUT2D eigenvalue weighted by Gasteiger charge is 2.10. The summed E-state index contributed by atoms with van der Waals surface area (Å²) in [5, 5.41) is 4.85. The smallest absolute Gasteiger partial charge is 0.141 e. The largest absolute Gasteiger partial charge is 0.463 e. The molecular weight excluding hydrogens is 392 g/mol. The normalized spacial score (nSPS) is 12.4. The van der Waals surface area contributed by atoms with Crippen molar-refractivity contribution in [1.29, 1.82) is 0 Å². The third kappa shape index (κ3) is 2.76. The molecule has 3 aromatic carbocycles. The van der Waals surface area contributed by atoms with Crippen LogP contribution in [0.5, 0.6) is 0 Å². The minimum absolute atomic E-state index is 0.771. The Kier molecular flexibility index (Phi) is 4.42. The van der Waals surface area contributed by atoms with E-state index in [-0.39, 0.29) is 0 Å². The zero-order chi connectivity index (χ0) is 14.7. The molecule has 0 fully saturated rings. The van der Waals surface area contributed by atoms with E-state index in [2.05, 4.69) is 80.4 Å². The Bertz CT molecular complexity index is 850. The lowest BCUT2D eigenvalue weighted by Gasteiger charge is -2.12. The molecule has 104 valence electrons. The van der Waals surface area contributed by atoms with Crippen LogP contribution in [0.25, 0.3) is 27.3 Å². The maximum absolute atomic E-state index is 5.67. The first kappa shape index (κ1) is 14.4. The van der Waals surface area contributed by atoms with Crippen molar-refractivity contribution in [3.05, 3.63) is 76.4 Å². The van der Waals surface area contributed by atoms with Crippen LogP contribution in [0.1, 0.15) is 5.56 Å². The average molecular weight is 404 g/mol. The molecule has 3 aromatic rings. The summed E-state index contributed by atoms with van der Waals surface area (Å²) in [6.07, 6.45) is 1.61. The first-order valence-electron chi connectivity index (χ1n) is 6.48. The van der Waals surface area contributed by atoms with Gasteiger partial charge in [-0.3, -0.25) is 0 Å². The van der Waals surface area contributed by atoms with Gasteiger partial charge in [-0.1, -0.05) is 80.4 Å². The summed E-state index contributed by atoms with van der Waals surface area (Å²) in [6, 6.07) is 18.9. The van der Waals surface area contributed by atoms with Gasteiger partial charge in [0.05, 0.1) is 6.26 Å². The topological polar surface area (TPSA) is 9.23 Å². The van der Waals surface area contributed by atoms with Crippen molar-refractivity contribution < 1.29 is 4.74 Å². The first-order valence-corrected chi connectivity index (χ1v) is 8.31. The molecule has 1 nitrogen and oxygen atoms in total. The van der Waals surface area contributed by atoms with Gasteiger partial charge in [-0.15, -0.1) is 0 Å². The van der Waals surface area contributed by atoms with Crippen molar-refractivity contribution in [2.45, 2.75) is 0 Å². The van der Waals surface area contributed by atoms with E-state index in [0.29, 0.717) is 0 Å². The molecule has 0 N–H and O–H groups in total. The SMILES string of the molecule is Br/C=C/O/C(=C/Br)c1cc2ccccc2c2ccccc12. The standard InChI is InChI=1S/C18H12Br2O/c19-9-10-21-18(12-20)17-11-13-5-1-2-6-14(13)15-7-3-4-8-16(15)17/h1-12H/b10-9+,18-12+. The van der Waals surface area contributed by atoms with Gasteiger partial charge in [0.2, 0.25) is 0 Å². The molecular formula is C18H12Br2O. The summed E-state index contributed by atoms with van der Waals surface area (Å²) in [5.74, 6) is 0.771. The molecule has 3 heteroatoms. The maximum Gasteiger partial charge on any atom is 0.141 e. The number of rotatable bonds is 3. The monoisotopic (exact) mass is 402 g/mol. The fourth-order valence-corrected chi connectivity index (χ4v) is 2.97. The molecule has 0 aliphatic carbocycles. The van der Waals surface area contributed by atoms with E-state index in [1.807, 2.05) is 6.07 Å². The van der Waals surface area contributed by atoms with Crippen molar-refractivity contribution in [2.24, 2.45) is 0 Å². The molecule has 0 radical (unpaired) electrons. The molecule has 0 spiro atoms. The Balaban J connectivity index is 2.34. The Labute approximate surface area is 140 Å². The quantitative estimate of drug-likeness (QED) is 0.355. The van der Waals surface area contributed by atoms with Crippen LogP contribution in [0, 0.1) is 0 Å². The van der Waals surface area contributed by atoms with Gasteiger partial charge in [0.1, 0.15) is 5.76 Å². The second kappa shape index (κ2) is 6.46. The zero-order valence-electron chi connectivity index (χ0n) is 11.1. The minimum Gasteiger partial charge on any atom is -0.463 e. The second-order valence-corrected chi connectivity index (χ2v) is 5.53. The molecule has 0 atom stereocenters. The molecule has 0 aromatic heterocycles. The lowest BCUT2D eigenvalue weighted by Crippen LogP contribution is -1.89. The fraction of sp³-hybridized carbons (Fsp3) is 0. The molecule has 21 heavy (non-hydrogen) atoms. The molecule has 0 heterocycles. The van der Waals surface area contributed by atoms with Gasteiger partial charge in [0, 0.05) is 15.5 Å². The highest BCUT2D eigenvalue weighted by molar-refractivity contribution is 9.11. The van der Waals surface area contributed by atoms with Gasteiger partial charge in [0.15, 0.2) is 0 Å². The molecule has 0 aliphatic heterocycles. The maximum atomic E-state index is 5.67. The summed E-state index contributed by atoms with van der Waals surface area (Å²) in [6.45, 7) is 0. The van der Waals surface area contributed by atoms with Gasteiger partial charge in [-0.25, -0.2) is 0 Å². The average Bonchev–Trinajstić information content (AvgIpc) is 2.55. The Morgan fingerprint density at radius 1 is 0.857 bits per heavy atom. The number of ether oxygens (including phenoxy) is 1. The van der Waals surface area contributed by atoms with E-state index >= 15 is 0 Å². The van der Waals surface area contributed by atoms with Crippen molar-refractivity contribution in [3.63, 3.8) is 0 Å². The summed E-state index contributed by atoms with van der Waals surface area (Å²) >= 11 is 6.62. The number of fused-ring (bicyclic) bond motifs is 3. The van der Waals surface area contributed by atoms with Crippen molar-refractivity contribution in [2.75, 3.05) is 0 Å². The van der Waals surface area contributed by atoms with Gasteiger partial charge in [-0.05, 0) is 27.6 Å². The van der Waals surface area contributed by atoms with Crippen molar-refractivity contribution in [1.82, 2.24) is 0 Å². The van der Waals surface area contributed by atoms with Crippen LogP contribution in [0.4, 0.5) is 0 Å². The van der Waals surface area contributed by atoms with Crippen LogP contribution in [0.15, 0.2) is 70.8 Å². The molecule has 3 rings (SSSR count). The number of benzene rings is 3. The second-order valence-electron chi connectivity index (χ2n) is 4.54. The molecule has 0 saturated heterocycles. The Hall–Kier alpha value is -1.58. The van der Waals surface area contributed by atoms with E-state index in [1.54, 1.807) is 16.2 Å². The predicted octanol–water partition coefficient (Wildman–Crippen LogP) is 6.57. The van der Waals surface area contributed by atoms with Crippen LogP contribution in [-0.2, 0) is 4.74 Å². The molecule has 0 amide bonds. The zero-order valence-corrected chi connectivity index (χ0v) is 14.3. The molecule has 0 aliphatic rings. The third-order valence-electron chi connectivity index (χ3n) is 3.38. The van der Waals surface area contributed by atoms with Crippen LogP contribution in [0.2, 0.25) is 0 Å². The molecule has 0 unspecified atom stereocenters. The van der Waals surface area contributed by atoms with E-state index in [1.165, 1.54) is 21.5 Å². The van der Waals surface area contributed by atoms with Gasteiger partial charge in [0.25, 0.3) is 0 Å². The van der Waals surface area contributed by atoms with Gasteiger partial charge >= 0.3 is 0 Å². The predicted molar refractivity (Wildman–Crippen MR) is 97.5 cm³/mol.